The third kappa shape index (κ3) is 3.97. The smallest absolute Gasteiger partial charge is 0.275 e. The van der Waals surface area contributed by atoms with Crippen LogP contribution in [0, 0.1) is 6.92 Å². The largest absolute Gasteiger partial charge is 0.382 e. The molecule has 0 fully saturated rings. The second-order valence-corrected chi connectivity index (χ2v) is 6.14. The molecule has 0 aliphatic rings. The standard InChI is InChI=1S/C18H18ClN5O/c1-12-3-2-4-15(11-12)24-17(20)16(22-23-24)18(25)21-10-9-13-5-7-14(19)8-6-13/h2-8,11H,9-10,20H2,1H3,(H,21,25). The molecule has 0 saturated heterocycles. The average molecular weight is 356 g/mol. The Morgan fingerprint density at radius 3 is 2.72 bits per heavy atom. The molecule has 0 spiro atoms. The molecule has 0 saturated carbocycles. The van der Waals surface area contributed by atoms with E-state index in [-0.39, 0.29) is 17.4 Å². The van der Waals surface area contributed by atoms with Crippen LogP contribution in [0.1, 0.15) is 21.6 Å². The molecule has 3 N–H and O–H groups in total. The summed E-state index contributed by atoms with van der Waals surface area (Å²) < 4.78 is 1.46. The summed E-state index contributed by atoms with van der Waals surface area (Å²) in [6.45, 7) is 2.44. The van der Waals surface area contributed by atoms with E-state index in [4.69, 9.17) is 17.3 Å². The fourth-order valence-corrected chi connectivity index (χ4v) is 2.58. The summed E-state index contributed by atoms with van der Waals surface area (Å²) in [5, 5.41) is 11.4. The van der Waals surface area contributed by atoms with Crippen molar-refractivity contribution in [1.29, 1.82) is 0 Å². The number of hydrogen-bond donors (Lipinski definition) is 2. The topological polar surface area (TPSA) is 85.8 Å². The lowest BCUT2D eigenvalue weighted by molar-refractivity contribution is 0.0950. The van der Waals surface area contributed by atoms with Crippen molar-refractivity contribution in [3.63, 3.8) is 0 Å². The minimum atomic E-state index is -0.342. The molecule has 3 rings (SSSR count). The highest BCUT2D eigenvalue weighted by Gasteiger charge is 2.18. The van der Waals surface area contributed by atoms with Crippen LogP contribution in [0.15, 0.2) is 48.5 Å². The number of aromatic nitrogens is 3. The zero-order chi connectivity index (χ0) is 17.8. The Balaban J connectivity index is 1.65. The number of nitrogens with two attached hydrogens (primary N) is 1. The highest BCUT2D eigenvalue weighted by Crippen LogP contribution is 2.16. The summed E-state index contributed by atoms with van der Waals surface area (Å²) in [6, 6.07) is 15.2. The highest BCUT2D eigenvalue weighted by atomic mass is 35.5. The van der Waals surface area contributed by atoms with Crippen molar-refractivity contribution < 1.29 is 4.79 Å². The van der Waals surface area contributed by atoms with Gasteiger partial charge in [0.25, 0.3) is 5.91 Å². The quantitative estimate of drug-likeness (QED) is 0.736. The SMILES string of the molecule is Cc1cccc(-n2nnc(C(=O)NCCc3ccc(Cl)cc3)c2N)c1. The number of anilines is 1. The van der Waals surface area contributed by atoms with Crippen molar-refractivity contribution in [2.45, 2.75) is 13.3 Å². The highest BCUT2D eigenvalue weighted by molar-refractivity contribution is 6.30. The summed E-state index contributed by atoms with van der Waals surface area (Å²) in [4.78, 5) is 12.3. The van der Waals surface area contributed by atoms with Gasteiger partial charge in [-0.2, -0.15) is 4.68 Å². The molecule has 25 heavy (non-hydrogen) atoms. The Bertz CT molecular complexity index is 889. The molecule has 0 aliphatic heterocycles. The number of nitrogens with one attached hydrogen (secondary N) is 1. The lowest BCUT2D eigenvalue weighted by Gasteiger charge is -2.06. The number of nitrogens with zero attached hydrogens (tertiary/aromatic N) is 3. The molecule has 0 aliphatic carbocycles. The molecule has 1 heterocycles. The molecular formula is C18H18ClN5O. The lowest BCUT2D eigenvalue weighted by Crippen LogP contribution is -2.27. The van der Waals surface area contributed by atoms with Gasteiger partial charge >= 0.3 is 0 Å². The molecule has 1 amide bonds. The summed E-state index contributed by atoms with van der Waals surface area (Å²) in [7, 11) is 0. The van der Waals surface area contributed by atoms with Crippen molar-refractivity contribution in [1.82, 2.24) is 20.3 Å². The summed E-state index contributed by atoms with van der Waals surface area (Å²) in [5.41, 5.74) is 9.09. The van der Waals surface area contributed by atoms with Gasteiger partial charge < -0.3 is 11.1 Å². The van der Waals surface area contributed by atoms with Gasteiger partial charge in [0.1, 0.15) is 0 Å². The molecule has 0 unspecified atom stereocenters. The molecule has 7 heteroatoms. The number of halogens is 1. The first-order valence-electron chi connectivity index (χ1n) is 7.85. The van der Waals surface area contributed by atoms with E-state index in [0.717, 1.165) is 16.8 Å². The fourth-order valence-electron chi connectivity index (χ4n) is 2.46. The van der Waals surface area contributed by atoms with Crippen molar-refractivity contribution in [2.24, 2.45) is 0 Å². The molecule has 0 atom stereocenters. The number of amides is 1. The molecule has 6 nitrogen and oxygen atoms in total. The first-order valence-corrected chi connectivity index (χ1v) is 8.23. The molecular weight excluding hydrogens is 338 g/mol. The Labute approximate surface area is 150 Å². The number of aryl methyl sites for hydroxylation is 1. The van der Waals surface area contributed by atoms with Crippen LogP contribution in [0.3, 0.4) is 0 Å². The fraction of sp³-hybridized carbons (Fsp3) is 0.167. The third-order valence-corrected chi connectivity index (χ3v) is 4.03. The molecule has 1 aromatic heterocycles. The van der Waals surface area contributed by atoms with Crippen molar-refractivity contribution >= 4 is 23.3 Å². The maximum atomic E-state index is 12.3. The maximum Gasteiger partial charge on any atom is 0.275 e. The van der Waals surface area contributed by atoms with E-state index in [2.05, 4.69) is 15.6 Å². The minimum Gasteiger partial charge on any atom is -0.382 e. The van der Waals surface area contributed by atoms with Crippen molar-refractivity contribution in [2.75, 3.05) is 12.3 Å². The molecule has 0 radical (unpaired) electrons. The van der Waals surface area contributed by atoms with Crippen LogP contribution in [-0.2, 0) is 6.42 Å². The van der Waals surface area contributed by atoms with E-state index in [1.807, 2.05) is 55.5 Å². The maximum absolute atomic E-state index is 12.3. The monoisotopic (exact) mass is 355 g/mol. The number of hydrogen-bond acceptors (Lipinski definition) is 4. The first kappa shape index (κ1) is 17.0. The van der Waals surface area contributed by atoms with Crippen LogP contribution in [0.4, 0.5) is 5.82 Å². The predicted octanol–water partition coefficient (Wildman–Crippen LogP) is 2.78. The molecule has 2 aromatic carbocycles. The van der Waals surface area contributed by atoms with Gasteiger partial charge in [-0.25, -0.2) is 0 Å². The summed E-state index contributed by atoms with van der Waals surface area (Å²) >= 11 is 5.86. The van der Waals surface area contributed by atoms with E-state index >= 15 is 0 Å². The zero-order valence-corrected chi connectivity index (χ0v) is 14.5. The molecule has 3 aromatic rings. The van der Waals surface area contributed by atoms with E-state index < -0.39 is 0 Å². The van der Waals surface area contributed by atoms with Crippen molar-refractivity contribution in [3.8, 4) is 5.69 Å². The Morgan fingerprint density at radius 1 is 1.24 bits per heavy atom. The van der Waals surface area contributed by atoms with E-state index in [0.29, 0.717) is 18.0 Å². The van der Waals surface area contributed by atoms with Gasteiger partial charge in [0.2, 0.25) is 0 Å². The number of carbonyl (C=O) groups excluding carboxylic acids is 1. The molecule has 0 bridgehead atoms. The Morgan fingerprint density at radius 2 is 2.00 bits per heavy atom. The summed E-state index contributed by atoms with van der Waals surface area (Å²) in [5.74, 6) is -0.125. The van der Waals surface area contributed by atoms with Crippen molar-refractivity contribution in [3.05, 3.63) is 70.4 Å². The van der Waals surface area contributed by atoms with Gasteiger partial charge in [-0.3, -0.25) is 4.79 Å². The van der Waals surface area contributed by atoms with Gasteiger partial charge in [-0.1, -0.05) is 41.1 Å². The van der Waals surface area contributed by atoms with Gasteiger partial charge in [-0.05, 0) is 48.7 Å². The van der Waals surface area contributed by atoms with Crippen LogP contribution in [0.2, 0.25) is 5.02 Å². The van der Waals surface area contributed by atoms with E-state index in [9.17, 15) is 4.79 Å². The third-order valence-electron chi connectivity index (χ3n) is 3.78. The number of benzene rings is 2. The zero-order valence-electron chi connectivity index (χ0n) is 13.7. The minimum absolute atomic E-state index is 0.123. The van der Waals surface area contributed by atoms with E-state index in [1.165, 1.54) is 4.68 Å². The Hall–Kier alpha value is -2.86. The van der Waals surface area contributed by atoms with Crippen LogP contribution in [-0.4, -0.2) is 27.4 Å². The normalized spacial score (nSPS) is 10.6. The van der Waals surface area contributed by atoms with Crippen LogP contribution >= 0.6 is 11.6 Å². The molecule has 128 valence electrons. The number of nitrogen functional groups attached to an aromatic ring is 1. The number of rotatable bonds is 5. The predicted molar refractivity (Wildman–Crippen MR) is 98.0 cm³/mol. The Kier molecular flexibility index (Phi) is 5.00. The number of carbonyl (C=O) groups is 1. The second kappa shape index (κ2) is 7.36. The second-order valence-electron chi connectivity index (χ2n) is 5.71. The van der Waals surface area contributed by atoms with Gasteiger partial charge in [0.15, 0.2) is 11.5 Å². The van der Waals surface area contributed by atoms with Gasteiger partial charge in [-0.15, -0.1) is 5.10 Å². The van der Waals surface area contributed by atoms with E-state index in [1.54, 1.807) is 0 Å². The average Bonchev–Trinajstić information content (AvgIpc) is 2.98. The lowest BCUT2D eigenvalue weighted by atomic mass is 10.1. The van der Waals surface area contributed by atoms with Gasteiger partial charge in [0.05, 0.1) is 5.69 Å². The van der Waals surface area contributed by atoms with Crippen LogP contribution < -0.4 is 11.1 Å². The summed E-state index contributed by atoms with van der Waals surface area (Å²) in [6.07, 6.45) is 0.689. The van der Waals surface area contributed by atoms with Crippen LogP contribution in [0.25, 0.3) is 5.69 Å². The van der Waals surface area contributed by atoms with Crippen LogP contribution in [0.5, 0.6) is 0 Å². The van der Waals surface area contributed by atoms with Gasteiger partial charge in [0, 0.05) is 11.6 Å². The first-order chi connectivity index (χ1) is 12.0.